The lowest BCUT2D eigenvalue weighted by Crippen LogP contribution is -2.40. The predicted molar refractivity (Wildman–Crippen MR) is 107 cm³/mol. The molecule has 4 amide bonds. The van der Waals surface area contributed by atoms with E-state index in [9.17, 15) is 28.8 Å². The van der Waals surface area contributed by atoms with Crippen LogP contribution >= 0.6 is 0 Å². The highest BCUT2D eigenvalue weighted by atomic mass is 16.7. The second kappa shape index (κ2) is 10.2. The zero-order valence-electron chi connectivity index (χ0n) is 18.9. The van der Waals surface area contributed by atoms with Crippen molar-refractivity contribution >= 4 is 35.6 Å². The van der Waals surface area contributed by atoms with Crippen molar-refractivity contribution in [1.82, 2.24) is 10.1 Å². The second-order valence-electron chi connectivity index (χ2n) is 8.78. The van der Waals surface area contributed by atoms with E-state index in [1.165, 1.54) is 0 Å². The molecule has 32 heavy (non-hydrogen) atoms. The molecule has 2 heterocycles. The third-order valence-electron chi connectivity index (χ3n) is 5.73. The summed E-state index contributed by atoms with van der Waals surface area (Å²) >= 11 is 0. The fraction of sp³-hybridized carbons (Fsp3) is 0.714. The number of imide groups is 2. The number of carbonyl (C=O) groups excluding carboxylic acids is 6. The Morgan fingerprint density at radius 1 is 0.812 bits per heavy atom. The minimum Gasteiger partial charge on any atom is -0.376 e. The summed E-state index contributed by atoms with van der Waals surface area (Å²) in [6.07, 6.45) is 0.949. The SMILES string of the molecule is CCC(C)(CCOC(C)(C)CCC(=O)ON1C(=O)CCC1=O)C(=O)ON1C(=O)CCC1=O. The van der Waals surface area contributed by atoms with Crippen LogP contribution in [0.2, 0.25) is 0 Å². The highest BCUT2D eigenvalue weighted by Gasteiger charge is 2.40. The molecule has 11 heteroatoms. The number of hydrogen-bond donors (Lipinski definition) is 0. The quantitative estimate of drug-likeness (QED) is 0.426. The van der Waals surface area contributed by atoms with Crippen LogP contribution in [0, 0.1) is 5.41 Å². The van der Waals surface area contributed by atoms with Gasteiger partial charge >= 0.3 is 11.9 Å². The predicted octanol–water partition coefficient (Wildman–Crippen LogP) is 1.58. The minimum atomic E-state index is -0.978. The van der Waals surface area contributed by atoms with Crippen LogP contribution in [0.25, 0.3) is 0 Å². The maximum absolute atomic E-state index is 12.6. The van der Waals surface area contributed by atoms with Crippen molar-refractivity contribution in [3.8, 4) is 0 Å². The van der Waals surface area contributed by atoms with Crippen molar-refractivity contribution in [2.75, 3.05) is 6.61 Å². The van der Waals surface area contributed by atoms with Gasteiger partial charge in [0.15, 0.2) is 0 Å². The van der Waals surface area contributed by atoms with E-state index in [1.807, 2.05) is 0 Å². The third-order valence-corrected chi connectivity index (χ3v) is 5.73. The summed E-state index contributed by atoms with van der Waals surface area (Å²) < 4.78 is 5.84. The molecule has 2 saturated heterocycles. The lowest BCUT2D eigenvalue weighted by molar-refractivity contribution is -0.206. The Bertz CT molecular complexity index is 775. The maximum atomic E-state index is 12.6. The van der Waals surface area contributed by atoms with Gasteiger partial charge in [-0.05, 0) is 40.0 Å². The van der Waals surface area contributed by atoms with Crippen LogP contribution in [0.4, 0.5) is 0 Å². The van der Waals surface area contributed by atoms with E-state index in [1.54, 1.807) is 27.7 Å². The van der Waals surface area contributed by atoms with E-state index < -0.39 is 46.6 Å². The molecule has 11 nitrogen and oxygen atoms in total. The Hall–Kier alpha value is -2.82. The molecule has 2 aliphatic heterocycles. The molecule has 178 valence electrons. The summed E-state index contributed by atoms with van der Waals surface area (Å²) in [7, 11) is 0. The van der Waals surface area contributed by atoms with Crippen molar-refractivity contribution in [1.29, 1.82) is 0 Å². The Labute approximate surface area is 186 Å². The van der Waals surface area contributed by atoms with E-state index in [0.29, 0.717) is 16.5 Å². The Balaban J connectivity index is 1.80. The van der Waals surface area contributed by atoms with Gasteiger partial charge in [-0.1, -0.05) is 6.92 Å². The average Bonchev–Trinajstić information content (AvgIpc) is 3.22. The number of ether oxygens (including phenoxy) is 1. The number of carbonyl (C=O) groups is 6. The molecule has 0 aromatic rings. The minimum absolute atomic E-state index is 0.0226. The zero-order valence-corrected chi connectivity index (χ0v) is 18.9. The Morgan fingerprint density at radius 3 is 1.75 bits per heavy atom. The van der Waals surface area contributed by atoms with Crippen LogP contribution in [0.3, 0.4) is 0 Å². The van der Waals surface area contributed by atoms with E-state index in [-0.39, 0.29) is 51.6 Å². The first-order chi connectivity index (χ1) is 14.9. The fourth-order valence-electron chi connectivity index (χ4n) is 3.11. The van der Waals surface area contributed by atoms with Crippen LogP contribution in [0.15, 0.2) is 0 Å². The maximum Gasteiger partial charge on any atom is 0.339 e. The topological polar surface area (TPSA) is 137 Å². The van der Waals surface area contributed by atoms with Crippen LogP contribution in [0.1, 0.15) is 79.1 Å². The van der Waals surface area contributed by atoms with Gasteiger partial charge in [-0.2, -0.15) is 0 Å². The second-order valence-corrected chi connectivity index (χ2v) is 8.78. The van der Waals surface area contributed by atoms with Crippen molar-refractivity contribution in [2.45, 2.75) is 84.7 Å². The molecule has 0 spiro atoms. The van der Waals surface area contributed by atoms with Gasteiger partial charge in [-0.25, -0.2) is 9.59 Å². The molecule has 0 saturated carbocycles. The third kappa shape index (κ3) is 6.35. The molecule has 0 bridgehead atoms. The van der Waals surface area contributed by atoms with Gasteiger partial charge < -0.3 is 14.4 Å². The molecule has 0 aliphatic carbocycles. The van der Waals surface area contributed by atoms with E-state index in [0.717, 1.165) is 0 Å². The molecule has 2 rings (SSSR count). The van der Waals surface area contributed by atoms with Crippen molar-refractivity contribution in [2.24, 2.45) is 5.41 Å². The lowest BCUT2D eigenvalue weighted by atomic mass is 9.84. The highest BCUT2D eigenvalue weighted by molar-refractivity contribution is 6.02. The number of nitrogens with zero attached hydrogens (tertiary/aromatic N) is 2. The van der Waals surface area contributed by atoms with Crippen LogP contribution < -0.4 is 0 Å². The number of amides is 4. The van der Waals surface area contributed by atoms with Gasteiger partial charge in [0.05, 0.1) is 17.4 Å². The fourth-order valence-corrected chi connectivity index (χ4v) is 3.11. The summed E-state index contributed by atoms with van der Waals surface area (Å²) in [6, 6.07) is 0. The monoisotopic (exact) mass is 454 g/mol. The van der Waals surface area contributed by atoms with Crippen LogP contribution in [0.5, 0.6) is 0 Å². The van der Waals surface area contributed by atoms with Gasteiger partial charge in [-0.3, -0.25) is 19.2 Å². The van der Waals surface area contributed by atoms with Gasteiger partial charge in [0.1, 0.15) is 0 Å². The van der Waals surface area contributed by atoms with E-state index in [4.69, 9.17) is 14.4 Å². The van der Waals surface area contributed by atoms with Gasteiger partial charge in [0.25, 0.3) is 23.6 Å². The largest absolute Gasteiger partial charge is 0.376 e. The first-order valence-electron chi connectivity index (χ1n) is 10.7. The molecule has 0 aromatic carbocycles. The molecular formula is C21H30N2O9. The molecule has 2 aliphatic rings. The molecule has 0 aromatic heterocycles. The molecule has 2 fully saturated rings. The number of rotatable bonds is 11. The van der Waals surface area contributed by atoms with Crippen LogP contribution in [-0.2, 0) is 43.2 Å². The van der Waals surface area contributed by atoms with Gasteiger partial charge in [0.2, 0.25) is 0 Å². The molecule has 0 radical (unpaired) electrons. The van der Waals surface area contributed by atoms with Crippen LogP contribution in [-0.4, -0.2) is 57.9 Å². The smallest absolute Gasteiger partial charge is 0.339 e. The summed E-state index contributed by atoms with van der Waals surface area (Å²) in [5, 5.41) is 1.03. The van der Waals surface area contributed by atoms with Crippen molar-refractivity contribution < 1.29 is 43.2 Å². The standard InChI is InChI=1S/C21H30N2O9/c1-5-21(4,19(29)32-23-16(26)8-9-17(23)27)12-13-30-20(2,3)11-10-18(28)31-22-14(24)6-7-15(22)25/h5-13H2,1-4H3. The number of hydrogen-bond acceptors (Lipinski definition) is 9. The van der Waals surface area contributed by atoms with Gasteiger partial charge in [0, 0.05) is 32.3 Å². The Kier molecular flexibility index (Phi) is 8.11. The normalized spacial score (nSPS) is 18.9. The first-order valence-corrected chi connectivity index (χ1v) is 10.7. The van der Waals surface area contributed by atoms with E-state index >= 15 is 0 Å². The highest BCUT2D eigenvalue weighted by Crippen LogP contribution is 2.30. The first kappa shape index (κ1) is 25.4. The lowest BCUT2D eigenvalue weighted by Gasteiger charge is -2.30. The molecular weight excluding hydrogens is 424 g/mol. The molecule has 0 N–H and O–H groups in total. The molecule has 1 atom stereocenters. The summed E-state index contributed by atoms with van der Waals surface area (Å²) in [5.41, 5.74) is -1.73. The van der Waals surface area contributed by atoms with E-state index in [2.05, 4.69) is 0 Å². The zero-order chi connectivity index (χ0) is 24.1. The summed E-state index contributed by atoms with van der Waals surface area (Å²) in [5.74, 6) is -3.56. The molecule has 1 unspecified atom stereocenters. The van der Waals surface area contributed by atoms with Crippen molar-refractivity contribution in [3.05, 3.63) is 0 Å². The number of hydroxylamine groups is 4. The van der Waals surface area contributed by atoms with Gasteiger partial charge in [-0.15, -0.1) is 10.1 Å². The summed E-state index contributed by atoms with van der Waals surface area (Å²) in [6.45, 7) is 7.13. The average molecular weight is 454 g/mol. The van der Waals surface area contributed by atoms with Crippen molar-refractivity contribution in [3.63, 3.8) is 0 Å². The summed E-state index contributed by atoms with van der Waals surface area (Å²) in [4.78, 5) is 80.8. The Morgan fingerprint density at radius 2 is 1.28 bits per heavy atom.